The molecule has 19 heavy (non-hydrogen) atoms. The number of allylic oxidation sites excluding steroid dienone is 2. The third-order valence-electron chi connectivity index (χ3n) is 2.80. The molecule has 0 heterocycles. The minimum atomic E-state index is 0.761. The second kappa shape index (κ2) is 5.44. The van der Waals surface area contributed by atoms with E-state index in [2.05, 4.69) is 0 Å². The molecular weight excluding hydrogens is 236 g/mol. The van der Waals surface area contributed by atoms with Crippen molar-refractivity contribution in [2.24, 2.45) is 0 Å². The Morgan fingerprint density at radius 1 is 0.684 bits per heavy atom. The van der Waals surface area contributed by atoms with E-state index in [1.54, 1.807) is 0 Å². The first-order valence-corrected chi connectivity index (χ1v) is 6.27. The first kappa shape index (κ1) is 11.6. The molecule has 0 N–H and O–H groups in total. The summed E-state index contributed by atoms with van der Waals surface area (Å²) in [4.78, 5) is 0. The van der Waals surface area contributed by atoms with Crippen molar-refractivity contribution in [3.05, 3.63) is 84.3 Å². The Balaban J connectivity index is 1.78. The molecule has 0 fully saturated rings. The van der Waals surface area contributed by atoms with Crippen LogP contribution in [0.1, 0.15) is 6.42 Å². The van der Waals surface area contributed by atoms with Crippen LogP contribution in [0.15, 0.2) is 84.3 Å². The molecule has 0 atom stereocenters. The number of hydrogen-bond donors (Lipinski definition) is 0. The van der Waals surface area contributed by atoms with Crippen LogP contribution in [-0.2, 0) is 0 Å². The molecule has 2 nitrogen and oxygen atoms in total. The van der Waals surface area contributed by atoms with Gasteiger partial charge < -0.3 is 9.47 Å². The molecule has 0 bridgehead atoms. The summed E-state index contributed by atoms with van der Waals surface area (Å²) in [7, 11) is 0. The van der Waals surface area contributed by atoms with Crippen LogP contribution in [0.5, 0.6) is 11.5 Å². The minimum absolute atomic E-state index is 0.761. The molecule has 0 aromatic heterocycles. The van der Waals surface area contributed by atoms with Gasteiger partial charge in [0.2, 0.25) is 0 Å². The topological polar surface area (TPSA) is 18.5 Å². The largest absolute Gasteiger partial charge is 0.458 e. The fraction of sp³-hybridized carbons (Fsp3) is 0.0588. The van der Waals surface area contributed by atoms with E-state index in [-0.39, 0.29) is 0 Å². The van der Waals surface area contributed by atoms with E-state index < -0.39 is 0 Å². The molecule has 0 radical (unpaired) electrons. The Bertz CT molecular complexity index is 598. The molecular formula is C17H14O2. The van der Waals surface area contributed by atoms with Crippen molar-refractivity contribution >= 4 is 0 Å². The van der Waals surface area contributed by atoms with Gasteiger partial charge in [0.25, 0.3) is 0 Å². The quantitative estimate of drug-likeness (QED) is 0.804. The molecule has 94 valence electrons. The second-order valence-corrected chi connectivity index (χ2v) is 4.22. The first-order valence-electron chi connectivity index (χ1n) is 6.27. The highest BCUT2D eigenvalue weighted by atomic mass is 16.5. The lowest BCUT2D eigenvalue weighted by molar-refractivity contribution is 0.359. The van der Waals surface area contributed by atoms with Crippen LogP contribution in [0.2, 0.25) is 0 Å². The molecule has 0 spiro atoms. The summed E-state index contributed by atoms with van der Waals surface area (Å²) in [6.45, 7) is 0. The average Bonchev–Trinajstić information content (AvgIpc) is 2.88. The predicted molar refractivity (Wildman–Crippen MR) is 74.9 cm³/mol. The van der Waals surface area contributed by atoms with Crippen LogP contribution in [0.3, 0.4) is 0 Å². The highest BCUT2D eigenvalue weighted by molar-refractivity contribution is 5.34. The zero-order chi connectivity index (χ0) is 12.9. The molecule has 0 saturated carbocycles. The van der Waals surface area contributed by atoms with Crippen molar-refractivity contribution in [3.8, 4) is 11.5 Å². The van der Waals surface area contributed by atoms with Crippen molar-refractivity contribution < 1.29 is 9.47 Å². The highest BCUT2D eigenvalue weighted by Crippen LogP contribution is 2.25. The lowest BCUT2D eigenvalue weighted by atomic mass is 10.3. The van der Waals surface area contributed by atoms with Gasteiger partial charge in [-0.2, -0.15) is 0 Å². The molecule has 2 aromatic rings. The SMILES string of the molecule is C1=CC(Oc2ccccc2)=C(Oc2ccccc2)C1. The third-order valence-corrected chi connectivity index (χ3v) is 2.80. The van der Waals surface area contributed by atoms with Crippen LogP contribution in [0.25, 0.3) is 0 Å². The van der Waals surface area contributed by atoms with Gasteiger partial charge in [0.15, 0.2) is 11.5 Å². The number of para-hydroxylation sites is 2. The average molecular weight is 250 g/mol. The summed E-state index contributed by atoms with van der Waals surface area (Å²) in [6.07, 6.45) is 4.75. The van der Waals surface area contributed by atoms with Crippen molar-refractivity contribution in [2.75, 3.05) is 0 Å². The lowest BCUT2D eigenvalue weighted by Gasteiger charge is -2.10. The molecule has 1 aliphatic rings. The van der Waals surface area contributed by atoms with E-state index >= 15 is 0 Å². The standard InChI is InChI=1S/C17H14O2/c1-3-8-14(9-4-1)18-16-12-7-13-17(16)19-15-10-5-2-6-11-15/h1-12H,13H2. The minimum Gasteiger partial charge on any atom is -0.458 e. The second-order valence-electron chi connectivity index (χ2n) is 4.22. The summed E-state index contributed by atoms with van der Waals surface area (Å²) < 4.78 is 11.7. The number of hydrogen-bond acceptors (Lipinski definition) is 2. The number of rotatable bonds is 4. The van der Waals surface area contributed by atoms with Gasteiger partial charge in [0.05, 0.1) is 0 Å². The van der Waals surface area contributed by atoms with Gasteiger partial charge >= 0.3 is 0 Å². The maximum absolute atomic E-state index is 5.85. The van der Waals surface area contributed by atoms with Crippen LogP contribution >= 0.6 is 0 Å². The summed E-state index contributed by atoms with van der Waals surface area (Å²) in [5.74, 6) is 3.26. The van der Waals surface area contributed by atoms with Crippen molar-refractivity contribution in [1.82, 2.24) is 0 Å². The maximum atomic E-state index is 5.85. The molecule has 0 amide bonds. The van der Waals surface area contributed by atoms with Crippen LogP contribution in [0, 0.1) is 0 Å². The normalized spacial score (nSPS) is 13.7. The summed E-state index contributed by atoms with van der Waals surface area (Å²) in [5.41, 5.74) is 0. The van der Waals surface area contributed by atoms with Crippen molar-refractivity contribution in [3.63, 3.8) is 0 Å². The first-order chi connectivity index (χ1) is 9.42. The van der Waals surface area contributed by atoms with Gasteiger partial charge in [0, 0.05) is 6.42 Å². The lowest BCUT2D eigenvalue weighted by Crippen LogP contribution is -2.00. The van der Waals surface area contributed by atoms with Crippen LogP contribution in [0.4, 0.5) is 0 Å². The Morgan fingerprint density at radius 3 is 1.89 bits per heavy atom. The Hall–Kier alpha value is -2.48. The molecule has 2 aromatic carbocycles. The van der Waals surface area contributed by atoms with E-state index in [0.717, 1.165) is 29.4 Å². The number of ether oxygens (including phenoxy) is 2. The van der Waals surface area contributed by atoms with Gasteiger partial charge in [-0.1, -0.05) is 42.5 Å². The smallest absolute Gasteiger partial charge is 0.165 e. The van der Waals surface area contributed by atoms with Crippen LogP contribution < -0.4 is 9.47 Å². The third kappa shape index (κ3) is 2.86. The molecule has 0 saturated heterocycles. The van der Waals surface area contributed by atoms with Gasteiger partial charge in [-0.05, 0) is 30.3 Å². The Labute approximate surface area is 112 Å². The van der Waals surface area contributed by atoms with Crippen LogP contribution in [-0.4, -0.2) is 0 Å². The predicted octanol–water partition coefficient (Wildman–Crippen LogP) is 4.32. The van der Waals surface area contributed by atoms with Gasteiger partial charge in [-0.15, -0.1) is 0 Å². The number of benzene rings is 2. The fourth-order valence-corrected chi connectivity index (χ4v) is 1.90. The summed E-state index contributed by atoms with van der Waals surface area (Å²) in [5, 5.41) is 0. The Kier molecular flexibility index (Phi) is 3.32. The maximum Gasteiger partial charge on any atom is 0.165 e. The molecule has 1 aliphatic carbocycles. The van der Waals surface area contributed by atoms with E-state index in [9.17, 15) is 0 Å². The van der Waals surface area contributed by atoms with Gasteiger partial charge in [-0.3, -0.25) is 0 Å². The Morgan fingerprint density at radius 2 is 1.26 bits per heavy atom. The van der Waals surface area contributed by atoms with E-state index in [1.807, 2.05) is 72.8 Å². The zero-order valence-corrected chi connectivity index (χ0v) is 10.5. The molecule has 2 heteroatoms. The van der Waals surface area contributed by atoms with Crippen molar-refractivity contribution in [2.45, 2.75) is 6.42 Å². The zero-order valence-electron chi connectivity index (χ0n) is 10.5. The van der Waals surface area contributed by atoms with Gasteiger partial charge in [-0.25, -0.2) is 0 Å². The molecule has 0 aliphatic heterocycles. The van der Waals surface area contributed by atoms with E-state index in [1.165, 1.54) is 0 Å². The van der Waals surface area contributed by atoms with E-state index in [4.69, 9.17) is 9.47 Å². The summed E-state index contributed by atoms with van der Waals surface area (Å²) in [6, 6.07) is 19.5. The van der Waals surface area contributed by atoms with E-state index in [0.29, 0.717) is 0 Å². The van der Waals surface area contributed by atoms with Gasteiger partial charge in [0.1, 0.15) is 11.5 Å². The summed E-state index contributed by atoms with van der Waals surface area (Å²) >= 11 is 0. The molecule has 3 rings (SSSR count). The van der Waals surface area contributed by atoms with Crippen molar-refractivity contribution in [1.29, 1.82) is 0 Å². The monoisotopic (exact) mass is 250 g/mol. The highest BCUT2D eigenvalue weighted by Gasteiger charge is 2.13. The fourth-order valence-electron chi connectivity index (χ4n) is 1.90. The molecule has 0 unspecified atom stereocenters.